The summed E-state index contributed by atoms with van der Waals surface area (Å²) in [7, 11) is -3.15. The lowest BCUT2D eigenvalue weighted by Crippen LogP contribution is -2.43. The lowest BCUT2D eigenvalue weighted by molar-refractivity contribution is -0.170. The molecule has 1 heterocycles. The molecule has 0 radical (unpaired) electrons. The summed E-state index contributed by atoms with van der Waals surface area (Å²) in [6, 6.07) is 0. The highest BCUT2D eigenvalue weighted by atomic mass is 31.2. The summed E-state index contributed by atoms with van der Waals surface area (Å²) in [5.74, 6) is -10.1. The van der Waals surface area contributed by atoms with E-state index in [1.807, 2.05) is 0 Å². The van der Waals surface area contributed by atoms with Crippen LogP contribution in [-0.2, 0) is 42.3 Å². The Kier molecular flexibility index (Phi) is 6.78. The molecule has 1 saturated heterocycles. The van der Waals surface area contributed by atoms with Crippen molar-refractivity contribution >= 4 is 44.4 Å². The Morgan fingerprint density at radius 3 is 2.15 bits per heavy atom. The predicted octanol–water partition coefficient (Wildman–Crippen LogP) is -1.87. The van der Waals surface area contributed by atoms with Crippen molar-refractivity contribution in [2.75, 3.05) is 0 Å². The number of rotatable bonds is 8. The van der Waals surface area contributed by atoms with Gasteiger partial charge in [-0.15, -0.1) is 0 Å². The molecule has 27 heavy (non-hydrogen) atoms. The van der Waals surface area contributed by atoms with Gasteiger partial charge in [0.15, 0.2) is 11.2 Å². The quantitative estimate of drug-likeness (QED) is 0.275. The minimum absolute atomic E-state index is 1.12. The maximum absolute atomic E-state index is 11.8. The molecular formula is C12H13O14P. The van der Waals surface area contributed by atoms with E-state index in [0.29, 0.717) is 0 Å². The summed E-state index contributed by atoms with van der Waals surface area (Å²) < 4.78 is 13.2. The molecule has 0 bridgehead atoms. The lowest BCUT2D eigenvalue weighted by atomic mass is 9.96. The summed E-state index contributed by atoms with van der Waals surface area (Å²) in [4.78, 5) is 67.3. The minimum atomic E-state index is -3.15. The van der Waals surface area contributed by atoms with E-state index in [-0.39, 0.29) is 0 Å². The first kappa shape index (κ1) is 22.2. The van der Waals surface area contributed by atoms with E-state index in [4.69, 9.17) is 15.3 Å². The maximum atomic E-state index is 11.8. The van der Waals surface area contributed by atoms with E-state index in [9.17, 15) is 39.0 Å². The van der Waals surface area contributed by atoms with Crippen LogP contribution in [0.25, 0.3) is 0 Å². The van der Waals surface area contributed by atoms with Crippen LogP contribution >= 0.6 is 8.60 Å². The molecular weight excluding hydrogens is 399 g/mol. The van der Waals surface area contributed by atoms with Gasteiger partial charge in [-0.1, -0.05) is 0 Å². The standard InChI is InChI=1S/C12H13O14P/c13-5(14)1-11(22,9(19)20)3-7(17)24-27-25-8(18)4-12(23,2-6(15)16)10(21)26-27/h22-23H,1-4H2,(H,13,14)(H,15,16)(H,19,20). The molecule has 3 unspecified atom stereocenters. The molecule has 3 atom stereocenters. The summed E-state index contributed by atoms with van der Waals surface area (Å²) in [5, 5.41) is 45.7. The predicted molar refractivity (Wildman–Crippen MR) is 76.5 cm³/mol. The molecule has 0 aliphatic carbocycles. The van der Waals surface area contributed by atoms with Crippen LogP contribution in [0.3, 0.4) is 0 Å². The minimum Gasteiger partial charge on any atom is -0.481 e. The maximum Gasteiger partial charge on any atom is 0.537 e. The molecule has 1 aliphatic heterocycles. The summed E-state index contributed by atoms with van der Waals surface area (Å²) >= 11 is 0. The fourth-order valence-electron chi connectivity index (χ4n) is 1.84. The third kappa shape index (κ3) is 6.13. The highest BCUT2D eigenvalue weighted by molar-refractivity contribution is 7.43. The van der Waals surface area contributed by atoms with Crippen LogP contribution < -0.4 is 0 Å². The van der Waals surface area contributed by atoms with Crippen molar-refractivity contribution in [3.8, 4) is 0 Å². The number of aliphatic hydroxyl groups is 2. The Morgan fingerprint density at radius 1 is 1.07 bits per heavy atom. The molecule has 0 amide bonds. The molecule has 1 rings (SSSR count). The molecule has 14 nitrogen and oxygen atoms in total. The van der Waals surface area contributed by atoms with Gasteiger partial charge in [0.25, 0.3) is 0 Å². The molecule has 0 aromatic heterocycles. The van der Waals surface area contributed by atoms with E-state index in [2.05, 4.69) is 13.6 Å². The van der Waals surface area contributed by atoms with Gasteiger partial charge in [0.1, 0.15) is 0 Å². The van der Waals surface area contributed by atoms with Crippen molar-refractivity contribution in [3.63, 3.8) is 0 Å². The Morgan fingerprint density at radius 2 is 1.67 bits per heavy atom. The molecule has 5 N–H and O–H groups in total. The van der Waals surface area contributed by atoms with Gasteiger partial charge >= 0.3 is 44.4 Å². The van der Waals surface area contributed by atoms with Crippen molar-refractivity contribution in [1.29, 1.82) is 0 Å². The van der Waals surface area contributed by atoms with Crippen molar-refractivity contribution in [2.24, 2.45) is 0 Å². The Labute approximate surface area is 150 Å². The van der Waals surface area contributed by atoms with E-state index < -0.39 is 81.3 Å². The number of carboxylic acid groups (broad SMARTS) is 3. The van der Waals surface area contributed by atoms with Crippen LogP contribution in [0.1, 0.15) is 25.7 Å². The summed E-state index contributed by atoms with van der Waals surface area (Å²) in [5.41, 5.74) is -5.83. The van der Waals surface area contributed by atoms with Gasteiger partial charge in [-0.3, -0.25) is 19.2 Å². The van der Waals surface area contributed by atoms with Crippen molar-refractivity contribution in [2.45, 2.75) is 36.9 Å². The van der Waals surface area contributed by atoms with E-state index in [1.54, 1.807) is 0 Å². The highest BCUT2D eigenvalue weighted by Crippen LogP contribution is 2.45. The number of carbonyl (C=O) groups excluding carboxylic acids is 3. The van der Waals surface area contributed by atoms with E-state index >= 15 is 0 Å². The average Bonchev–Trinajstić information content (AvgIpc) is 2.52. The van der Waals surface area contributed by atoms with Gasteiger partial charge in [0, 0.05) is 0 Å². The number of carboxylic acids is 3. The summed E-state index contributed by atoms with van der Waals surface area (Å²) in [6.07, 6.45) is -5.10. The molecule has 15 heteroatoms. The summed E-state index contributed by atoms with van der Waals surface area (Å²) in [6.45, 7) is 0. The van der Waals surface area contributed by atoms with Crippen molar-refractivity contribution < 1.29 is 67.9 Å². The van der Waals surface area contributed by atoms with Crippen molar-refractivity contribution in [1.82, 2.24) is 0 Å². The van der Waals surface area contributed by atoms with Gasteiger partial charge in [0.05, 0.1) is 25.7 Å². The second-order valence-electron chi connectivity index (χ2n) is 5.39. The Balaban J connectivity index is 2.86. The first-order valence-electron chi connectivity index (χ1n) is 6.83. The molecule has 1 aliphatic rings. The molecule has 0 aromatic rings. The zero-order chi connectivity index (χ0) is 21.0. The molecule has 1 fully saturated rings. The number of aliphatic carboxylic acids is 3. The molecule has 0 spiro atoms. The van der Waals surface area contributed by atoms with Crippen LogP contribution in [0, 0.1) is 0 Å². The zero-order valence-electron chi connectivity index (χ0n) is 13.2. The smallest absolute Gasteiger partial charge is 0.481 e. The topological polar surface area (TPSA) is 231 Å². The van der Waals surface area contributed by atoms with Gasteiger partial charge in [-0.2, -0.15) is 0 Å². The largest absolute Gasteiger partial charge is 0.537 e. The van der Waals surface area contributed by atoms with Crippen LogP contribution in [0.5, 0.6) is 0 Å². The SMILES string of the molecule is O=C(O)CC(O)(CC(=O)OP1OC(=O)CC(O)(CC(=O)O)C(=O)O1)C(=O)O. The van der Waals surface area contributed by atoms with E-state index in [0.717, 1.165) is 0 Å². The normalized spacial score (nSPS) is 24.6. The molecule has 0 saturated carbocycles. The fourth-order valence-corrected chi connectivity index (χ4v) is 2.72. The average molecular weight is 412 g/mol. The Hall–Kier alpha value is -2.83. The van der Waals surface area contributed by atoms with Gasteiger partial charge in [0.2, 0.25) is 0 Å². The van der Waals surface area contributed by atoms with Crippen LogP contribution in [0.2, 0.25) is 0 Å². The third-order valence-corrected chi connectivity index (χ3v) is 4.07. The number of carbonyl (C=O) groups is 6. The van der Waals surface area contributed by atoms with Crippen LogP contribution in [0.4, 0.5) is 0 Å². The van der Waals surface area contributed by atoms with Crippen LogP contribution in [0.15, 0.2) is 0 Å². The third-order valence-electron chi connectivity index (χ3n) is 3.05. The first-order valence-corrected chi connectivity index (χ1v) is 7.93. The number of hydrogen-bond donors (Lipinski definition) is 5. The van der Waals surface area contributed by atoms with Crippen molar-refractivity contribution in [3.05, 3.63) is 0 Å². The first-order chi connectivity index (χ1) is 12.3. The monoisotopic (exact) mass is 412 g/mol. The van der Waals surface area contributed by atoms with E-state index in [1.165, 1.54) is 0 Å². The van der Waals surface area contributed by atoms with Gasteiger partial charge in [-0.25, -0.2) is 9.59 Å². The second-order valence-corrected chi connectivity index (χ2v) is 6.39. The lowest BCUT2D eigenvalue weighted by Gasteiger charge is -2.21. The number of hydrogen-bond acceptors (Lipinski definition) is 11. The zero-order valence-corrected chi connectivity index (χ0v) is 14.1. The molecule has 150 valence electrons. The highest BCUT2D eigenvalue weighted by Gasteiger charge is 2.50. The second kappa shape index (κ2) is 8.24. The fraction of sp³-hybridized carbons (Fsp3) is 0.500. The van der Waals surface area contributed by atoms with Gasteiger partial charge < -0.3 is 39.1 Å². The van der Waals surface area contributed by atoms with Crippen LogP contribution in [-0.4, -0.2) is 72.6 Å². The Bertz CT molecular complexity index is 688. The molecule has 0 aromatic carbocycles. The van der Waals surface area contributed by atoms with Gasteiger partial charge in [-0.05, 0) is 0 Å².